The molecule has 0 amide bonds. The lowest BCUT2D eigenvalue weighted by Crippen LogP contribution is -2.46. The predicted octanol–water partition coefficient (Wildman–Crippen LogP) is 2.04. The van der Waals surface area contributed by atoms with Gasteiger partial charge in [-0.2, -0.15) is 0 Å². The van der Waals surface area contributed by atoms with Crippen molar-refractivity contribution >= 4 is 5.97 Å². The highest BCUT2D eigenvalue weighted by Gasteiger charge is 2.44. The van der Waals surface area contributed by atoms with Gasteiger partial charge in [-0.05, 0) is 25.0 Å². The number of hydrogen-bond acceptors (Lipinski definition) is 3. The molecule has 2 unspecified atom stereocenters. The minimum absolute atomic E-state index is 0.214. The lowest BCUT2D eigenvalue weighted by molar-refractivity contribution is -0.144. The lowest BCUT2D eigenvalue weighted by Gasteiger charge is -2.20. The average molecular weight is 231 g/mol. The molecule has 2 rings (SSSR count). The van der Waals surface area contributed by atoms with Crippen molar-refractivity contribution in [2.75, 3.05) is 0 Å². The molecule has 0 radical (unpaired) electrons. The lowest BCUT2D eigenvalue weighted by atomic mass is 9.93. The Labute approximate surface area is 101 Å². The zero-order valence-corrected chi connectivity index (χ0v) is 10.2. The van der Waals surface area contributed by atoms with Crippen LogP contribution in [-0.4, -0.2) is 17.7 Å². The molecule has 0 bridgehead atoms. The van der Waals surface area contributed by atoms with Gasteiger partial charge in [-0.3, -0.25) is 5.32 Å². The van der Waals surface area contributed by atoms with Crippen molar-refractivity contribution in [1.29, 1.82) is 0 Å². The minimum atomic E-state index is -0.662. The molecule has 1 aromatic rings. The first kappa shape index (κ1) is 11.9. The van der Waals surface area contributed by atoms with Crippen LogP contribution in [-0.2, 0) is 16.0 Å². The van der Waals surface area contributed by atoms with Crippen LogP contribution in [0.1, 0.15) is 19.4 Å². The van der Waals surface area contributed by atoms with Crippen molar-refractivity contribution in [2.24, 2.45) is 0 Å². The topological polar surface area (TPSA) is 38.3 Å². The second-order valence-corrected chi connectivity index (χ2v) is 4.77. The summed E-state index contributed by atoms with van der Waals surface area (Å²) in [7, 11) is 0. The molecular weight excluding hydrogens is 214 g/mol. The largest absolute Gasteiger partial charge is 0.441 e. The molecule has 90 valence electrons. The molecule has 1 aliphatic rings. The second kappa shape index (κ2) is 4.34. The Morgan fingerprint density at radius 2 is 2.12 bits per heavy atom. The van der Waals surface area contributed by atoms with E-state index in [1.165, 1.54) is 0 Å². The number of rotatable bonds is 3. The fourth-order valence-corrected chi connectivity index (χ4v) is 1.97. The maximum Gasteiger partial charge on any atom is 0.328 e. The summed E-state index contributed by atoms with van der Waals surface area (Å²) in [4.78, 5) is 11.9. The van der Waals surface area contributed by atoms with Crippen LogP contribution in [0.2, 0.25) is 0 Å². The number of nitrogens with one attached hydrogen (secondary N) is 1. The van der Waals surface area contributed by atoms with Crippen LogP contribution in [0.15, 0.2) is 42.5 Å². The third-order valence-electron chi connectivity index (χ3n) is 2.97. The van der Waals surface area contributed by atoms with Crippen molar-refractivity contribution < 1.29 is 9.53 Å². The Kier molecular flexibility index (Phi) is 3.03. The average Bonchev–Trinajstić information content (AvgIpc) is 2.57. The quantitative estimate of drug-likeness (QED) is 0.639. The van der Waals surface area contributed by atoms with Crippen LogP contribution < -0.4 is 5.32 Å². The minimum Gasteiger partial charge on any atom is -0.441 e. The summed E-state index contributed by atoms with van der Waals surface area (Å²) >= 11 is 0. The number of cyclic esters (lactones) is 1. The Hall–Kier alpha value is -1.61. The molecule has 17 heavy (non-hydrogen) atoms. The van der Waals surface area contributed by atoms with Crippen molar-refractivity contribution in [1.82, 2.24) is 5.32 Å². The van der Waals surface area contributed by atoms with Gasteiger partial charge in [-0.15, -0.1) is 0 Å². The highest BCUT2D eigenvalue weighted by molar-refractivity contribution is 5.83. The van der Waals surface area contributed by atoms with Crippen LogP contribution in [0.4, 0.5) is 0 Å². The standard InChI is InChI=1S/C14H17NO2/c1-10(2)12-15-14(3,13(16)17-12)9-11-7-5-4-6-8-11/h4-8,12,15H,1,9H2,2-3H3. The molecule has 3 nitrogen and oxygen atoms in total. The van der Waals surface area contributed by atoms with E-state index >= 15 is 0 Å². The molecule has 0 spiro atoms. The van der Waals surface area contributed by atoms with E-state index in [-0.39, 0.29) is 12.2 Å². The van der Waals surface area contributed by atoms with Gasteiger partial charge in [0.05, 0.1) is 0 Å². The van der Waals surface area contributed by atoms with E-state index in [0.717, 1.165) is 11.1 Å². The van der Waals surface area contributed by atoms with Gasteiger partial charge in [-0.25, -0.2) is 4.79 Å². The molecule has 1 saturated heterocycles. The van der Waals surface area contributed by atoms with E-state index in [9.17, 15) is 4.79 Å². The number of ether oxygens (including phenoxy) is 1. The van der Waals surface area contributed by atoms with Gasteiger partial charge in [0.25, 0.3) is 0 Å². The molecule has 2 atom stereocenters. The SMILES string of the molecule is C=C(C)C1NC(C)(Cc2ccccc2)C(=O)O1. The molecule has 1 heterocycles. The van der Waals surface area contributed by atoms with Crippen molar-refractivity contribution in [3.63, 3.8) is 0 Å². The van der Waals surface area contributed by atoms with Gasteiger partial charge >= 0.3 is 5.97 Å². The van der Waals surface area contributed by atoms with E-state index in [1.807, 2.05) is 44.2 Å². The zero-order chi connectivity index (χ0) is 12.5. The van der Waals surface area contributed by atoms with Crippen LogP contribution in [0.25, 0.3) is 0 Å². The number of hydrogen-bond donors (Lipinski definition) is 1. The summed E-state index contributed by atoms with van der Waals surface area (Å²) in [6, 6.07) is 9.91. The summed E-state index contributed by atoms with van der Waals surface area (Å²) < 4.78 is 5.26. The van der Waals surface area contributed by atoms with E-state index in [4.69, 9.17) is 4.74 Å². The van der Waals surface area contributed by atoms with E-state index < -0.39 is 5.54 Å². The summed E-state index contributed by atoms with van der Waals surface area (Å²) in [6.07, 6.45) is 0.257. The number of benzene rings is 1. The van der Waals surface area contributed by atoms with Crippen LogP contribution in [0, 0.1) is 0 Å². The summed E-state index contributed by atoms with van der Waals surface area (Å²) in [5.41, 5.74) is 1.27. The van der Waals surface area contributed by atoms with E-state index in [2.05, 4.69) is 11.9 Å². The predicted molar refractivity (Wildman–Crippen MR) is 66.4 cm³/mol. The third-order valence-corrected chi connectivity index (χ3v) is 2.97. The zero-order valence-electron chi connectivity index (χ0n) is 10.2. The maximum absolute atomic E-state index is 11.9. The Balaban J connectivity index is 2.15. The third kappa shape index (κ3) is 2.39. The van der Waals surface area contributed by atoms with Crippen molar-refractivity contribution in [2.45, 2.75) is 32.0 Å². The first-order chi connectivity index (χ1) is 8.01. The molecule has 1 fully saturated rings. The van der Waals surface area contributed by atoms with Gasteiger partial charge in [0.1, 0.15) is 5.54 Å². The number of carbonyl (C=O) groups excluding carboxylic acids is 1. The normalized spacial score (nSPS) is 27.9. The highest BCUT2D eigenvalue weighted by atomic mass is 16.6. The molecule has 0 aliphatic carbocycles. The molecular formula is C14H17NO2. The second-order valence-electron chi connectivity index (χ2n) is 4.77. The van der Waals surface area contributed by atoms with Gasteiger partial charge in [-0.1, -0.05) is 36.9 Å². The number of carbonyl (C=O) groups is 1. The molecule has 0 saturated carbocycles. The van der Waals surface area contributed by atoms with Crippen LogP contribution in [0.3, 0.4) is 0 Å². The molecule has 1 aromatic carbocycles. The van der Waals surface area contributed by atoms with Crippen molar-refractivity contribution in [3.05, 3.63) is 48.0 Å². The Bertz CT molecular complexity index is 441. The van der Waals surface area contributed by atoms with Gasteiger partial charge < -0.3 is 4.74 Å². The molecule has 1 aliphatic heterocycles. The Morgan fingerprint density at radius 1 is 1.47 bits per heavy atom. The molecule has 1 N–H and O–H groups in total. The van der Waals surface area contributed by atoms with Crippen LogP contribution >= 0.6 is 0 Å². The molecule has 3 heteroatoms. The highest BCUT2D eigenvalue weighted by Crippen LogP contribution is 2.24. The van der Waals surface area contributed by atoms with Crippen molar-refractivity contribution in [3.8, 4) is 0 Å². The summed E-state index contributed by atoms with van der Waals surface area (Å²) in [5, 5.41) is 3.19. The van der Waals surface area contributed by atoms with Gasteiger partial charge in [0.2, 0.25) is 0 Å². The first-order valence-electron chi connectivity index (χ1n) is 5.69. The smallest absolute Gasteiger partial charge is 0.328 e. The molecule has 0 aromatic heterocycles. The number of esters is 1. The summed E-state index contributed by atoms with van der Waals surface area (Å²) in [5.74, 6) is -0.214. The fraction of sp³-hybridized carbons (Fsp3) is 0.357. The Morgan fingerprint density at radius 3 is 2.65 bits per heavy atom. The monoisotopic (exact) mass is 231 g/mol. The van der Waals surface area contributed by atoms with Gasteiger partial charge in [0.15, 0.2) is 6.23 Å². The van der Waals surface area contributed by atoms with Gasteiger partial charge in [0, 0.05) is 6.42 Å². The van der Waals surface area contributed by atoms with E-state index in [0.29, 0.717) is 6.42 Å². The summed E-state index contributed by atoms with van der Waals surface area (Å²) in [6.45, 7) is 7.52. The maximum atomic E-state index is 11.9. The van der Waals surface area contributed by atoms with Crippen LogP contribution in [0.5, 0.6) is 0 Å². The first-order valence-corrected chi connectivity index (χ1v) is 5.69. The fourth-order valence-electron chi connectivity index (χ4n) is 1.97. The van der Waals surface area contributed by atoms with E-state index in [1.54, 1.807) is 0 Å².